The molecule has 4 rings (SSSR count). The first-order chi connectivity index (χ1) is 20.0. The number of alkyl halides is 3. The first-order valence-electron chi connectivity index (χ1n) is 14.4. The molecule has 2 atom stereocenters. The minimum Gasteiger partial charge on any atom is -0.351 e. The molecule has 9 heteroatoms. The molecule has 5 nitrogen and oxygen atoms in total. The van der Waals surface area contributed by atoms with Crippen molar-refractivity contribution in [3.63, 3.8) is 0 Å². The quantitative estimate of drug-likeness (QED) is 0.251. The Labute approximate surface area is 250 Å². The number of nitrogens with one attached hydrogen (secondary N) is 3. The number of carbonyl (C=O) groups excluding carboxylic acids is 2. The predicted octanol–water partition coefficient (Wildman–Crippen LogP) is 6.77. The molecule has 0 radical (unpaired) electrons. The summed E-state index contributed by atoms with van der Waals surface area (Å²) in [5, 5.41) is 9.43. The molecule has 1 heterocycles. The van der Waals surface area contributed by atoms with E-state index in [9.17, 15) is 22.8 Å². The highest BCUT2D eigenvalue weighted by Crippen LogP contribution is 2.31. The standard InChI is InChI=1S/C34H39F4N3O2/c1-21(24-13-16-27(28(35)18-24)23-9-7-6-8-10-23)30(42)40-29(17-22-11-14-25(15-12-22)34(36,37)38)31(43)39-26-19-32(2,3)41-33(4,5)20-26/h6-16,18,21,26,29,41H,17,19-20H2,1-5H3,(H,39,43)(H,40,42)/t21-,29+/m1/s1. The molecule has 1 aliphatic rings. The summed E-state index contributed by atoms with van der Waals surface area (Å²) < 4.78 is 54.4. The maximum Gasteiger partial charge on any atom is 0.416 e. The lowest BCUT2D eigenvalue weighted by atomic mass is 9.79. The van der Waals surface area contributed by atoms with Gasteiger partial charge in [-0.2, -0.15) is 13.2 Å². The SMILES string of the molecule is C[C@@H](C(=O)N[C@@H](Cc1ccc(C(F)(F)F)cc1)C(=O)NC1CC(C)(C)NC(C)(C)C1)c1ccc(-c2ccccc2)c(F)c1. The van der Waals surface area contributed by atoms with Gasteiger partial charge in [-0.15, -0.1) is 0 Å². The van der Waals surface area contributed by atoms with Gasteiger partial charge in [0.2, 0.25) is 11.8 Å². The van der Waals surface area contributed by atoms with Gasteiger partial charge in [0.1, 0.15) is 11.9 Å². The Bertz CT molecular complexity index is 1420. The molecule has 0 aromatic heterocycles. The van der Waals surface area contributed by atoms with Gasteiger partial charge in [0.05, 0.1) is 11.5 Å². The summed E-state index contributed by atoms with van der Waals surface area (Å²) in [5.74, 6) is -2.19. The third-order valence-corrected chi connectivity index (χ3v) is 7.86. The smallest absolute Gasteiger partial charge is 0.351 e. The second-order valence-corrected chi connectivity index (χ2v) is 12.8. The van der Waals surface area contributed by atoms with Crippen LogP contribution in [-0.4, -0.2) is 35.0 Å². The Balaban J connectivity index is 1.54. The Hall–Kier alpha value is -3.72. The van der Waals surface area contributed by atoms with Gasteiger partial charge in [0.25, 0.3) is 0 Å². The van der Waals surface area contributed by atoms with Crippen molar-refractivity contribution in [3.05, 3.63) is 95.3 Å². The van der Waals surface area contributed by atoms with E-state index in [-0.39, 0.29) is 23.5 Å². The van der Waals surface area contributed by atoms with Crippen molar-refractivity contribution < 1.29 is 27.2 Å². The Morgan fingerprint density at radius 3 is 2.07 bits per heavy atom. The Kier molecular flexibility index (Phi) is 9.35. The first kappa shape index (κ1) is 32.2. The number of rotatable bonds is 8. The molecule has 0 bridgehead atoms. The van der Waals surface area contributed by atoms with Crippen molar-refractivity contribution in [1.82, 2.24) is 16.0 Å². The van der Waals surface area contributed by atoms with Crippen LogP contribution in [0.2, 0.25) is 0 Å². The van der Waals surface area contributed by atoms with Crippen LogP contribution in [0.15, 0.2) is 72.8 Å². The van der Waals surface area contributed by atoms with Crippen LogP contribution < -0.4 is 16.0 Å². The second-order valence-electron chi connectivity index (χ2n) is 12.8. The highest BCUT2D eigenvalue weighted by atomic mass is 19.4. The summed E-state index contributed by atoms with van der Waals surface area (Å²) in [4.78, 5) is 27.1. The van der Waals surface area contributed by atoms with Crippen LogP contribution >= 0.6 is 0 Å². The van der Waals surface area contributed by atoms with Gasteiger partial charge < -0.3 is 16.0 Å². The van der Waals surface area contributed by atoms with E-state index in [0.29, 0.717) is 35.1 Å². The number of benzene rings is 3. The van der Waals surface area contributed by atoms with E-state index in [0.717, 1.165) is 12.1 Å². The van der Waals surface area contributed by atoms with Gasteiger partial charge in [0, 0.05) is 29.1 Å². The third-order valence-electron chi connectivity index (χ3n) is 7.86. The second kappa shape index (κ2) is 12.5. The van der Waals surface area contributed by atoms with Crippen LogP contribution in [0.3, 0.4) is 0 Å². The van der Waals surface area contributed by atoms with Crippen LogP contribution in [-0.2, 0) is 22.2 Å². The van der Waals surface area contributed by atoms with E-state index in [1.54, 1.807) is 31.2 Å². The van der Waals surface area contributed by atoms with Gasteiger partial charge in [0.15, 0.2) is 0 Å². The molecule has 2 amide bonds. The van der Waals surface area contributed by atoms with Crippen molar-refractivity contribution in [2.24, 2.45) is 0 Å². The summed E-state index contributed by atoms with van der Waals surface area (Å²) in [6.45, 7) is 9.84. The van der Waals surface area contributed by atoms with Gasteiger partial charge in [-0.25, -0.2) is 4.39 Å². The summed E-state index contributed by atoms with van der Waals surface area (Å²) in [6, 6.07) is 17.0. The maximum absolute atomic E-state index is 15.1. The van der Waals surface area contributed by atoms with Gasteiger partial charge in [-0.05, 0) is 82.3 Å². The summed E-state index contributed by atoms with van der Waals surface area (Å²) >= 11 is 0. The predicted molar refractivity (Wildman–Crippen MR) is 160 cm³/mol. The van der Waals surface area contributed by atoms with Crippen molar-refractivity contribution in [3.8, 4) is 11.1 Å². The molecule has 3 N–H and O–H groups in total. The minimum absolute atomic E-state index is 0.0124. The molecule has 43 heavy (non-hydrogen) atoms. The molecular formula is C34H39F4N3O2. The molecule has 230 valence electrons. The maximum atomic E-state index is 15.1. The van der Waals surface area contributed by atoms with Crippen molar-refractivity contribution in [1.29, 1.82) is 0 Å². The van der Waals surface area contributed by atoms with Crippen molar-refractivity contribution >= 4 is 11.8 Å². The zero-order chi connectivity index (χ0) is 31.6. The van der Waals surface area contributed by atoms with E-state index < -0.39 is 41.3 Å². The summed E-state index contributed by atoms with van der Waals surface area (Å²) in [5.41, 5.74) is 0.739. The fraction of sp³-hybridized carbons (Fsp3) is 0.412. The first-order valence-corrected chi connectivity index (χ1v) is 14.4. The number of carbonyl (C=O) groups is 2. The molecule has 3 aromatic carbocycles. The summed E-state index contributed by atoms with van der Waals surface area (Å²) in [7, 11) is 0. The minimum atomic E-state index is -4.49. The molecule has 1 saturated heterocycles. The van der Waals surface area contributed by atoms with E-state index in [1.807, 2.05) is 18.2 Å². The largest absolute Gasteiger partial charge is 0.416 e. The number of piperidine rings is 1. The number of amides is 2. The normalized spacial score (nSPS) is 18.0. The summed E-state index contributed by atoms with van der Waals surface area (Å²) in [6.07, 6.45) is -3.18. The van der Waals surface area contributed by atoms with E-state index in [2.05, 4.69) is 43.6 Å². The Morgan fingerprint density at radius 1 is 0.907 bits per heavy atom. The third kappa shape index (κ3) is 8.44. The molecular weight excluding hydrogens is 558 g/mol. The van der Waals surface area contributed by atoms with E-state index in [4.69, 9.17) is 0 Å². The molecule has 0 unspecified atom stereocenters. The van der Waals surface area contributed by atoms with Gasteiger partial charge in [-0.3, -0.25) is 9.59 Å². The van der Waals surface area contributed by atoms with Gasteiger partial charge >= 0.3 is 6.18 Å². The molecule has 0 saturated carbocycles. The lowest BCUT2D eigenvalue weighted by Gasteiger charge is -2.46. The molecule has 3 aromatic rings. The monoisotopic (exact) mass is 597 g/mol. The molecule has 1 aliphatic heterocycles. The van der Waals surface area contributed by atoms with Crippen LogP contribution in [0, 0.1) is 5.82 Å². The number of halogens is 4. The van der Waals surface area contributed by atoms with Crippen LogP contribution in [0.1, 0.15) is 70.1 Å². The molecule has 0 aliphatic carbocycles. The highest BCUT2D eigenvalue weighted by molar-refractivity contribution is 5.90. The van der Waals surface area contributed by atoms with Crippen LogP contribution in [0.4, 0.5) is 17.6 Å². The topological polar surface area (TPSA) is 70.2 Å². The highest BCUT2D eigenvalue weighted by Gasteiger charge is 2.39. The fourth-order valence-electron chi connectivity index (χ4n) is 6.10. The number of hydrogen-bond donors (Lipinski definition) is 3. The van der Waals surface area contributed by atoms with Crippen molar-refractivity contribution in [2.45, 2.75) is 89.1 Å². The average Bonchev–Trinajstić information content (AvgIpc) is 2.90. The van der Waals surface area contributed by atoms with E-state index >= 15 is 4.39 Å². The van der Waals surface area contributed by atoms with Gasteiger partial charge in [-0.1, -0.05) is 54.6 Å². The zero-order valence-corrected chi connectivity index (χ0v) is 25.1. The molecule has 1 fully saturated rings. The van der Waals surface area contributed by atoms with Crippen LogP contribution in [0.25, 0.3) is 11.1 Å². The average molecular weight is 598 g/mol. The lowest BCUT2D eigenvalue weighted by Crippen LogP contribution is -2.63. The lowest BCUT2D eigenvalue weighted by molar-refractivity contribution is -0.137. The molecule has 0 spiro atoms. The van der Waals surface area contributed by atoms with Crippen LogP contribution in [0.5, 0.6) is 0 Å². The number of hydrogen-bond acceptors (Lipinski definition) is 3. The van der Waals surface area contributed by atoms with E-state index in [1.165, 1.54) is 18.2 Å². The fourth-order valence-corrected chi connectivity index (χ4v) is 6.10. The van der Waals surface area contributed by atoms with Crippen molar-refractivity contribution in [2.75, 3.05) is 0 Å². The zero-order valence-electron chi connectivity index (χ0n) is 25.1. The Morgan fingerprint density at radius 2 is 1.51 bits per heavy atom.